The molecule has 0 saturated heterocycles. The number of pyridine rings is 1. The van der Waals surface area contributed by atoms with Gasteiger partial charge in [0.2, 0.25) is 11.7 Å². The molecule has 188 valence electrons. The first-order valence-electron chi connectivity index (χ1n) is 11.6. The van der Waals surface area contributed by atoms with E-state index >= 15 is 0 Å². The second-order valence-corrected chi connectivity index (χ2v) is 8.33. The van der Waals surface area contributed by atoms with Crippen LogP contribution in [0.5, 0.6) is 5.75 Å². The largest absolute Gasteiger partial charge is 0.490 e. The summed E-state index contributed by atoms with van der Waals surface area (Å²) in [6, 6.07) is 5.79. The normalized spacial score (nSPS) is 11.9. The smallest absolute Gasteiger partial charge is 0.259 e. The lowest BCUT2D eigenvalue weighted by Crippen LogP contribution is -2.36. The van der Waals surface area contributed by atoms with E-state index in [1.165, 1.54) is 0 Å². The molecule has 2 heterocycles. The number of benzene rings is 1. The standard InChI is InChI=1S/C25H33N5O5/c1-6-30(7-2)24-17(5)10-19(11-27-24)25-28-23(29-35-25)18-8-15(3)22(16(4)9-18)34-14-20(32)12-26-21(33)13-31/h8-11,20,31-32H,6-7,12-14H2,1-5H3,(H,26,33). The van der Waals surface area contributed by atoms with Crippen LogP contribution in [0.4, 0.5) is 5.82 Å². The van der Waals surface area contributed by atoms with Crippen molar-refractivity contribution in [3.63, 3.8) is 0 Å². The van der Waals surface area contributed by atoms with Crippen LogP contribution < -0.4 is 15.0 Å². The molecule has 0 aliphatic rings. The van der Waals surface area contributed by atoms with Crippen LogP contribution in [0.3, 0.4) is 0 Å². The maximum atomic E-state index is 11.1. The van der Waals surface area contributed by atoms with Crippen molar-refractivity contribution in [2.75, 3.05) is 37.7 Å². The number of aliphatic hydroxyl groups excluding tert-OH is 2. The highest BCUT2D eigenvalue weighted by Gasteiger charge is 2.17. The molecule has 1 atom stereocenters. The van der Waals surface area contributed by atoms with Crippen LogP contribution in [0.25, 0.3) is 22.8 Å². The van der Waals surface area contributed by atoms with E-state index in [0.29, 0.717) is 17.5 Å². The van der Waals surface area contributed by atoms with E-state index in [2.05, 4.69) is 39.2 Å². The predicted molar refractivity (Wildman–Crippen MR) is 132 cm³/mol. The van der Waals surface area contributed by atoms with Gasteiger partial charge < -0.3 is 29.7 Å². The Morgan fingerprint density at radius 2 is 1.77 bits per heavy atom. The molecule has 0 fully saturated rings. The third kappa shape index (κ3) is 6.34. The Balaban J connectivity index is 1.74. The molecule has 3 aromatic rings. The molecule has 3 N–H and O–H groups in total. The third-order valence-electron chi connectivity index (χ3n) is 5.60. The van der Waals surface area contributed by atoms with Gasteiger partial charge in [0.15, 0.2) is 0 Å². The van der Waals surface area contributed by atoms with E-state index in [-0.39, 0.29) is 13.2 Å². The highest BCUT2D eigenvalue weighted by atomic mass is 16.5. The SMILES string of the molecule is CCN(CC)c1ncc(-c2nc(-c3cc(C)c(OCC(O)CNC(=O)CO)c(C)c3)no2)cc1C. The molecular formula is C25H33N5O5. The summed E-state index contributed by atoms with van der Waals surface area (Å²) in [5, 5.41) is 25.3. The summed E-state index contributed by atoms with van der Waals surface area (Å²) in [6.45, 7) is 11.1. The van der Waals surface area contributed by atoms with Gasteiger partial charge in [0.05, 0.1) is 5.56 Å². The van der Waals surface area contributed by atoms with Crippen LogP contribution in [-0.4, -0.2) is 70.2 Å². The maximum absolute atomic E-state index is 11.1. The first kappa shape index (κ1) is 26.1. The Kier molecular flexibility index (Phi) is 8.78. The molecule has 0 aliphatic carbocycles. The molecule has 0 radical (unpaired) electrons. The van der Waals surface area contributed by atoms with Crippen molar-refractivity contribution in [3.05, 3.63) is 41.1 Å². The lowest BCUT2D eigenvalue weighted by atomic mass is 10.1. The summed E-state index contributed by atoms with van der Waals surface area (Å²) in [6.07, 6.45) is 0.841. The van der Waals surface area contributed by atoms with Crippen LogP contribution in [-0.2, 0) is 4.79 Å². The number of amides is 1. The Morgan fingerprint density at radius 1 is 1.11 bits per heavy atom. The molecule has 1 amide bonds. The molecule has 35 heavy (non-hydrogen) atoms. The summed E-state index contributed by atoms with van der Waals surface area (Å²) in [5.41, 5.74) is 4.27. The molecule has 0 spiro atoms. The average molecular weight is 484 g/mol. The number of aliphatic hydroxyl groups is 2. The van der Waals surface area contributed by atoms with E-state index in [4.69, 9.17) is 14.4 Å². The van der Waals surface area contributed by atoms with Gasteiger partial charge in [-0.1, -0.05) is 5.16 Å². The number of aromatic nitrogens is 3. The zero-order chi connectivity index (χ0) is 25.5. The van der Waals surface area contributed by atoms with E-state index in [0.717, 1.165) is 46.7 Å². The minimum absolute atomic E-state index is 0.00503. The van der Waals surface area contributed by atoms with Gasteiger partial charge in [0, 0.05) is 31.4 Å². The number of hydrogen-bond acceptors (Lipinski definition) is 9. The summed E-state index contributed by atoms with van der Waals surface area (Å²) in [4.78, 5) is 22.5. The Hall–Kier alpha value is -3.50. The first-order chi connectivity index (χ1) is 16.8. The number of nitrogens with one attached hydrogen (secondary N) is 1. The van der Waals surface area contributed by atoms with Crippen LogP contribution in [0.2, 0.25) is 0 Å². The molecule has 10 nitrogen and oxygen atoms in total. The number of carbonyl (C=O) groups excluding carboxylic acids is 1. The quantitative estimate of drug-likeness (QED) is 0.376. The number of ether oxygens (including phenoxy) is 1. The van der Waals surface area contributed by atoms with Gasteiger partial charge in [-0.25, -0.2) is 4.98 Å². The fraction of sp³-hybridized carbons (Fsp3) is 0.440. The van der Waals surface area contributed by atoms with E-state index in [9.17, 15) is 9.90 Å². The van der Waals surface area contributed by atoms with E-state index in [1.807, 2.05) is 39.0 Å². The summed E-state index contributed by atoms with van der Waals surface area (Å²) in [7, 11) is 0. The lowest BCUT2D eigenvalue weighted by Gasteiger charge is -2.21. The van der Waals surface area contributed by atoms with Crippen molar-refractivity contribution in [1.29, 1.82) is 0 Å². The van der Waals surface area contributed by atoms with Gasteiger partial charge in [-0.05, 0) is 69.5 Å². The second-order valence-electron chi connectivity index (χ2n) is 8.33. The number of carbonyl (C=O) groups is 1. The Morgan fingerprint density at radius 3 is 2.37 bits per heavy atom. The van der Waals surface area contributed by atoms with E-state index < -0.39 is 18.6 Å². The van der Waals surface area contributed by atoms with Crippen LogP contribution >= 0.6 is 0 Å². The van der Waals surface area contributed by atoms with Crippen LogP contribution in [0.1, 0.15) is 30.5 Å². The van der Waals surface area contributed by atoms with Crippen LogP contribution in [0, 0.1) is 20.8 Å². The zero-order valence-electron chi connectivity index (χ0n) is 20.8. The van der Waals surface area contributed by atoms with Crippen molar-refractivity contribution in [3.8, 4) is 28.6 Å². The number of hydrogen-bond donors (Lipinski definition) is 3. The fourth-order valence-electron chi connectivity index (χ4n) is 3.83. The first-order valence-corrected chi connectivity index (χ1v) is 11.6. The number of nitrogens with zero attached hydrogens (tertiary/aromatic N) is 4. The molecular weight excluding hydrogens is 450 g/mol. The second kappa shape index (κ2) is 11.8. The lowest BCUT2D eigenvalue weighted by molar-refractivity contribution is -0.124. The molecule has 3 rings (SSSR count). The topological polar surface area (TPSA) is 134 Å². The van der Waals surface area contributed by atoms with Gasteiger partial charge in [0.25, 0.3) is 5.89 Å². The van der Waals surface area contributed by atoms with Gasteiger partial charge >= 0.3 is 0 Å². The van der Waals surface area contributed by atoms with Crippen LogP contribution in [0.15, 0.2) is 28.9 Å². The van der Waals surface area contributed by atoms with Gasteiger partial charge in [-0.15, -0.1) is 0 Å². The number of anilines is 1. The van der Waals surface area contributed by atoms with E-state index in [1.54, 1.807) is 6.20 Å². The molecule has 1 aromatic carbocycles. The third-order valence-corrected chi connectivity index (χ3v) is 5.60. The number of aryl methyl sites for hydroxylation is 3. The highest BCUT2D eigenvalue weighted by Crippen LogP contribution is 2.31. The molecule has 0 saturated carbocycles. The predicted octanol–water partition coefficient (Wildman–Crippen LogP) is 2.42. The summed E-state index contributed by atoms with van der Waals surface area (Å²) < 4.78 is 11.3. The van der Waals surface area contributed by atoms with Gasteiger partial charge in [-0.2, -0.15) is 4.98 Å². The summed E-state index contributed by atoms with van der Waals surface area (Å²) in [5.74, 6) is 1.88. The molecule has 2 aromatic heterocycles. The van der Waals surface area contributed by atoms with Crippen molar-refractivity contribution >= 4 is 11.7 Å². The van der Waals surface area contributed by atoms with Gasteiger partial charge in [-0.3, -0.25) is 4.79 Å². The van der Waals surface area contributed by atoms with Crippen molar-refractivity contribution < 1.29 is 24.3 Å². The Labute approximate surface area is 205 Å². The summed E-state index contributed by atoms with van der Waals surface area (Å²) >= 11 is 0. The zero-order valence-corrected chi connectivity index (χ0v) is 20.8. The minimum atomic E-state index is -0.908. The minimum Gasteiger partial charge on any atom is -0.490 e. The monoisotopic (exact) mass is 483 g/mol. The molecule has 1 unspecified atom stereocenters. The van der Waals surface area contributed by atoms with Gasteiger partial charge in [0.1, 0.15) is 30.9 Å². The molecule has 0 aliphatic heterocycles. The highest BCUT2D eigenvalue weighted by molar-refractivity contribution is 5.76. The maximum Gasteiger partial charge on any atom is 0.259 e. The van der Waals surface area contributed by atoms with Crippen molar-refractivity contribution in [1.82, 2.24) is 20.4 Å². The Bertz CT molecular complexity index is 1140. The van der Waals surface area contributed by atoms with Crippen molar-refractivity contribution in [2.45, 2.75) is 40.7 Å². The van der Waals surface area contributed by atoms with Crippen molar-refractivity contribution in [2.24, 2.45) is 0 Å². The molecule has 10 heteroatoms. The molecule has 0 bridgehead atoms. The number of rotatable bonds is 11. The fourth-order valence-corrected chi connectivity index (χ4v) is 3.83. The average Bonchev–Trinajstić information content (AvgIpc) is 3.34.